The van der Waals surface area contributed by atoms with Crippen molar-refractivity contribution in [3.63, 3.8) is 0 Å². The van der Waals surface area contributed by atoms with Crippen LogP contribution in [0, 0.1) is 0 Å². The molecule has 1 aromatic rings. The first-order valence-electron chi connectivity index (χ1n) is 7.61. The lowest BCUT2D eigenvalue weighted by molar-refractivity contribution is 0.312. The highest BCUT2D eigenvalue weighted by molar-refractivity contribution is 14.0. The largest absolute Gasteiger partial charge is 0.370 e. The molecule has 2 heterocycles. The molecule has 6 nitrogen and oxygen atoms in total. The van der Waals surface area contributed by atoms with Crippen LogP contribution in [0.4, 0.5) is 5.82 Å². The lowest BCUT2D eigenvalue weighted by atomic mass is 10.2. The lowest BCUT2D eigenvalue weighted by Gasteiger charge is -2.33. The summed E-state index contributed by atoms with van der Waals surface area (Å²) in [5.74, 6) is 1.47. The Morgan fingerprint density at radius 2 is 2.04 bits per heavy atom. The number of pyridine rings is 1. The van der Waals surface area contributed by atoms with Crippen LogP contribution in [0.15, 0.2) is 35.5 Å². The Bertz CT molecular complexity index is 520. The predicted molar refractivity (Wildman–Crippen MR) is 108 cm³/mol. The van der Waals surface area contributed by atoms with Crippen LogP contribution >= 0.6 is 24.0 Å². The number of aromatic nitrogens is 1. The van der Waals surface area contributed by atoms with Gasteiger partial charge < -0.3 is 20.9 Å². The quantitative estimate of drug-likeness (QED) is 0.320. The zero-order valence-corrected chi connectivity index (χ0v) is 16.3. The predicted octanol–water partition coefficient (Wildman–Crippen LogP) is 1.43. The van der Waals surface area contributed by atoms with Gasteiger partial charge in [0.1, 0.15) is 5.82 Å². The zero-order chi connectivity index (χ0) is 15.9. The standard InChI is InChI=1S/C16H26N6.HI/c1-13(2)10-19-16(17)20-12-14-4-5-15(18-11-14)22-8-6-21(3)7-9-22;/h4-5,11H,1,6-10,12H2,2-3H3,(H3,17,19,20);1H. The molecule has 0 spiro atoms. The van der Waals surface area contributed by atoms with Gasteiger partial charge in [0, 0.05) is 38.9 Å². The molecule has 0 aliphatic carbocycles. The summed E-state index contributed by atoms with van der Waals surface area (Å²) in [6.45, 7) is 11.2. The first kappa shape index (κ1) is 19.7. The van der Waals surface area contributed by atoms with Gasteiger partial charge in [0.25, 0.3) is 0 Å². The zero-order valence-electron chi connectivity index (χ0n) is 14.0. The van der Waals surface area contributed by atoms with Crippen molar-refractivity contribution in [2.24, 2.45) is 10.7 Å². The van der Waals surface area contributed by atoms with Gasteiger partial charge in [-0.25, -0.2) is 9.98 Å². The molecule has 7 heteroatoms. The summed E-state index contributed by atoms with van der Waals surface area (Å²) in [6, 6.07) is 4.13. The molecule has 0 aromatic carbocycles. The Labute approximate surface area is 155 Å². The molecule has 1 aromatic heterocycles. The van der Waals surface area contributed by atoms with Gasteiger partial charge in [-0.3, -0.25) is 0 Å². The van der Waals surface area contributed by atoms with Crippen molar-refractivity contribution in [2.75, 3.05) is 44.7 Å². The Balaban J connectivity index is 0.00000264. The summed E-state index contributed by atoms with van der Waals surface area (Å²) < 4.78 is 0. The van der Waals surface area contributed by atoms with Crippen LogP contribution in [0.1, 0.15) is 12.5 Å². The lowest BCUT2D eigenvalue weighted by Crippen LogP contribution is -2.44. The molecular formula is C16H27IN6. The van der Waals surface area contributed by atoms with Crippen molar-refractivity contribution < 1.29 is 0 Å². The molecule has 2 rings (SSSR count). The van der Waals surface area contributed by atoms with Crippen molar-refractivity contribution in [3.8, 4) is 0 Å². The summed E-state index contributed by atoms with van der Waals surface area (Å²) in [5.41, 5.74) is 7.87. The van der Waals surface area contributed by atoms with E-state index >= 15 is 0 Å². The second-order valence-electron chi connectivity index (χ2n) is 5.83. The molecule has 1 aliphatic heterocycles. The molecule has 1 fully saturated rings. The molecule has 128 valence electrons. The normalized spacial score (nSPS) is 15.9. The van der Waals surface area contributed by atoms with E-state index in [4.69, 9.17) is 5.73 Å². The van der Waals surface area contributed by atoms with Crippen LogP contribution in [0.5, 0.6) is 0 Å². The second kappa shape index (κ2) is 9.71. The third-order valence-corrected chi connectivity index (χ3v) is 3.64. The minimum atomic E-state index is 0. The minimum Gasteiger partial charge on any atom is -0.370 e. The van der Waals surface area contributed by atoms with E-state index in [0.717, 1.165) is 43.1 Å². The number of rotatable bonds is 5. The number of piperazine rings is 1. The number of hydrogen-bond donors (Lipinski definition) is 2. The minimum absolute atomic E-state index is 0. The van der Waals surface area contributed by atoms with Gasteiger partial charge in [0.2, 0.25) is 0 Å². The van der Waals surface area contributed by atoms with Gasteiger partial charge in [0.15, 0.2) is 5.96 Å². The van der Waals surface area contributed by atoms with Crippen LogP contribution < -0.4 is 16.0 Å². The van der Waals surface area contributed by atoms with Crippen LogP contribution in [0.3, 0.4) is 0 Å². The number of nitrogens with two attached hydrogens (primary N) is 1. The number of halogens is 1. The summed E-state index contributed by atoms with van der Waals surface area (Å²) in [7, 11) is 2.15. The maximum absolute atomic E-state index is 5.79. The van der Waals surface area contributed by atoms with E-state index in [1.807, 2.05) is 13.1 Å². The van der Waals surface area contributed by atoms with Crippen LogP contribution in [0.25, 0.3) is 0 Å². The van der Waals surface area contributed by atoms with E-state index in [9.17, 15) is 0 Å². The molecule has 0 atom stereocenters. The van der Waals surface area contributed by atoms with Crippen molar-refractivity contribution in [1.29, 1.82) is 0 Å². The van der Waals surface area contributed by atoms with Gasteiger partial charge in [-0.15, -0.1) is 24.0 Å². The molecule has 1 aliphatic rings. The van der Waals surface area contributed by atoms with Crippen molar-refractivity contribution in [2.45, 2.75) is 13.5 Å². The number of nitrogens with one attached hydrogen (secondary N) is 1. The van der Waals surface area contributed by atoms with Gasteiger partial charge in [-0.2, -0.15) is 0 Å². The van der Waals surface area contributed by atoms with Crippen molar-refractivity contribution in [1.82, 2.24) is 15.2 Å². The van der Waals surface area contributed by atoms with Gasteiger partial charge >= 0.3 is 0 Å². The topological polar surface area (TPSA) is 69.8 Å². The molecule has 0 bridgehead atoms. The van der Waals surface area contributed by atoms with Crippen LogP contribution in [-0.2, 0) is 6.54 Å². The van der Waals surface area contributed by atoms with E-state index in [-0.39, 0.29) is 24.0 Å². The van der Waals surface area contributed by atoms with Crippen LogP contribution in [0.2, 0.25) is 0 Å². The third kappa shape index (κ3) is 6.74. The third-order valence-electron chi connectivity index (χ3n) is 3.64. The highest BCUT2D eigenvalue weighted by Crippen LogP contribution is 2.13. The summed E-state index contributed by atoms with van der Waals surface area (Å²) in [5, 5.41) is 3.01. The number of aliphatic imine (C=N–C) groups is 1. The second-order valence-corrected chi connectivity index (χ2v) is 5.83. The average molecular weight is 430 g/mol. The number of nitrogens with zero attached hydrogens (tertiary/aromatic N) is 4. The molecule has 0 unspecified atom stereocenters. The Morgan fingerprint density at radius 1 is 1.35 bits per heavy atom. The van der Waals surface area contributed by atoms with E-state index in [0.29, 0.717) is 19.0 Å². The molecule has 0 radical (unpaired) electrons. The van der Waals surface area contributed by atoms with E-state index in [1.165, 1.54) is 0 Å². The highest BCUT2D eigenvalue weighted by Gasteiger charge is 2.14. The van der Waals surface area contributed by atoms with Gasteiger partial charge in [-0.05, 0) is 25.6 Å². The van der Waals surface area contributed by atoms with Crippen LogP contribution in [-0.4, -0.2) is 55.6 Å². The molecule has 0 amide bonds. The number of hydrogen-bond acceptors (Lipinski definition) is 4. The van der Waals surface area contributed by atoms with Gasteiger partial charge in [-0.1, -0.05) is 18.2 Å². The molecule has 3 N–H and O–H groups in total. The molecule has 1 saturated heterocycles. The Kier molecular flexibility index (Phi) is 8.32. The monoisotopic (exact) mass is 430 g/mol. The SMILES string of the molecule is C=C(C)CNC(N)=NCc1ccc(N2CCN(C)CC2)nc1.I. The fraction of sp³-hybridized carbons (Fsp3) is 0.500. The Hall–Kier alpha value is -1.35. The molecular weight excluding hydrogens is 403 g/mol. The highest BCUT2D eigenvalue weighted by atomic mass is 127. The molecule has 0 saturated carbocycles. The number of anilines is 1. The maximum Gasteiger partial charge on any atom is 0.189 e. The summed E-state index contributed by atoms with van der Waals surface area (Å²) in [4.78, 5) is 13.5. The summed E-state index contributed by atoms with van der Waals surface area (Å²) in [6.07, 6.45) is 1.88. The van der Waals surface area contributed by atoms with E-state index in [2.05, 4.69) is 50.9 Å². The molecule has 23 heavy (non-hydrogen) atoms. The fourth-order valence-corrected chi connectivity index (χ4v) is 2.21. The van der Waals surface area contributed by atoms with Gasteiger partial charge in [0.05, 0.1) is 6.54 Å². The first-order chi connectivity index (χ1) is 10.5. The summed E-state index contributed by atoms with van der Waals surface area (Å²) >= 11 is 0. The van der Waals surface area contributed by atoms with Crippen molar-refractivity contribution in [3.05, 3.63) is 36.0 Å². The first-order valence-corrected chi connectivity index (χ1v) is 7.61. The van der Waals surface area contributed by atoms with E-state index in [1.54, 1.807) is 0 Å². The number of guanidine groups is 1. The fourth-order valence-electron chi connectivity index (χ4n) is 2.21. The smallest absolute Gasteiger partial charge is 0.189 e. The van der Waals surface area contributed by atoms with E-state index < -0.39 is 0 Å². The maximum atomic E-state index is 5.79. The average Bonchev–Trinajstić information content (AvgIpc) is 2.52. The Morgan fingerprint density at radius 3 is 2.61 bits per heavy atom. The van der Waals surface area contributed by atoms with Crippen molar-refractivity contribution >= 4 is 35.8 Å². The number of likely N-dealkylation sites (N-methyl/N-ethyl adjacent to an activating group) is 1.